The minimum atomic E-state index is -5.13. The van der Waals surface area contributed by atoms with Crippen LogP contribution in [0.4, 0.5) is 22.0 Å². The first kappa shape index (κ1) is 20.1. The van der Waals surface area contributed by atoms with Crippen molar-refractivity contribution in [3.05, 3.63) is 17.0 Å². The van der Waals surface area contributed by atoms with Crippen LogP contribution in [0, 0.1) is 11.5 Å². The molecule has 0 saturated carbocycles. The van der Waals surface area contributed by atoms with E-state index >= 15 is 0 Å². The first-order valence-corrected chi connectivity index (χ1v) is 8.76. The zero-order valence-corrected chi connectivity index (χ0v) is 14.3. The van der Waals surface area contributed by atoms with Crippen LogP contribution in [0.2, 0.25) is 0 Å². The summed E-state index contributed by atoms with van der Waals surface area (Å²) in [4.78, 5) is 4.89. The van der Waals surface area contributed by atoms with E-state index in [4.69, 9.17) is 10.1 Å². The molecule has 0 saturated heterocycles. The molecule has 2 heterocycles. The molecule has 1 aromatic heterocycles. The van der Waals surface area contributed by atoms with Gasteiger partial charge in [0.25, 0.3) is 0 Å². The molecule has 0 radical (unpaired) electrons. The number of halogens is 5. The lowest BCUT2D eigenvalue weighted by Gasteiger charge is -2.13. The number of hydrogen-bond acceptors (Lipinski definition) is 6. The van der Waals surface area contributed by atoms with Gasteiger partial charge in [-0.05, 0) is 13.8 Å². The van der Waals surface area contributed by atoms with Crippen LogP contribution in [-0.4, -0.2) is 35.3 Å². The van der Waals surface area contributed by atoms with E-state index in [0.29, 0.717) is 0 Å². The van der Waals surface area contributed by atoms with Crippen LogP contribution >= 0.6 is 0 Å². The Balaban J connectivity index is 2.54. The average Bonchev–Trinajstić information content (AvgIpc) is 2.99. The lowest BCUT2D eigenvalue weighted by molar-refractivity contribution is -0.141. The van der Waals surface area contributed by atoms with Crippen LogP contribution in [0.1, 0.15) is 37.2 Å². The maximum absolute atomic E-state index is 13.2. The number of rotatable bonds is 4. The van der Waals surface area contributed by atoms with Crippen LogP contribution < -0.4 is 0 Å². The van der Waals surface area contributed by atoms with E-state index < -0.39 is 62.2 Å². The molecular formula is C13H13F5N4O3S. The highest BCUT2D eigenvalue weighted by Gasteiger charge is 2.43. The molecule has 0 aromatic carbocycles. The van der Waals surface area contributed by atoms with E-state index in [0.717, 1.165) is 0 Å². The van der Waals surface area contributed by atoms with Crippen molar-refractivity contribution < 1.29 is 35.2 Å². The van der Waals surface area contributed by atoms with Crippen molar-refractivity contribution >= 4 is 14.9 Å². The third-order valence-electron chi connectivity index (χ3n) is 3.47. The second kappa shape index (κ2) is 6.49. The highest BCUT2D eigenvalue weighted by atomic mass is 32.2. The summed E-state index contributed by atoms with van der Waals surface area (Å²) in [6.45, 7) is 3.05. The molecule has 0 bridgehead atoms. The van der Waals surface area contributed by atoms with E-state index in [1.807, 2.05) is 0 Å². The summed E-state index contributed by atoms with van der Waals surface area (Å²) >= 11 is 0. The van der Waals surface area contributed by atoms with Gasteiger partial charge in [-0.2, -0.15) is 28.2 Å². The molecule has 0 N–H and O–H groups in total. The number of oxime groups is 1. The van der Waals surface area contributed by atoms with Gasteiger partial charge in [-0.3, -0.25) is 0 Å². The first-order valence-electron chi connectivity index (χ1n) is 7.11. The predicted molar refractivity (Wildman–Crippen MR) is 77.8 cm³/mol. The molecule has 1 aliphatic heterocycles. The van der Waals surface area contributed by atoms with E-state index in [1.54, 1.807) is 0 Å². The quantitative estimate of drug-likeness (QED) is 0.724. The lowest BCUT2D eigenvalue weighted by atomic mass is 10.1. The third-order valence-corrected chi connectivity index (χ3v) is 5.07. The number of hydrogen-bond donors (Lipinski definition) is 0. The molecule has 144 valence electrons. The molecule has 0 atom stereocenters. The molecule has 2 rings (SSSR count). The van der Waals surface area contributed by atoms with Crippen LogP contribution in [0.25, 0.3) is 0 Å². The second-order valence-corrected chi connectivity index (χ2v) is 8.14. The van der Waals surface area contributed by atoms with Gasteiger partial charge in [-0.15, -0.1) is 0 Å². The van der Waals surface area contributed by atoms with Gasteiger partial charge in [-0.25, -0.2) is 17.2 Å². The molecule has 26 heavy (non-hydrogen) atoms. The average molecular weight is 400 g/mol. The molecule has 1 aromatic rings. The Kier molecular flexibility index (Phi) is 5.02. The topological polar surface area (TPSA) is 97.3 Å². The Labute approximate surface area is 144 Å². The van der Waals surface area contributed by atoms with E-state index in [-0.39, 0.29) is 11.1 Å². The molecule has 0 unspecified atom stereocenters. The molecular weight excluding hydrogens is 387 g/mol. The summed E-state index contributed by atoms with van der Waals surface area (Å²) in [5.74, 6) is -1.27. The van der Waals surface area contributed by atoms with Gasteiger partial charge in [0.2, 0.25) is 12.6 Å². The molecule has 13 heteroatoms. The molecule has 0 aliphatic carbocycles. The molecule has 0 fully saturated rings. The van der Waals surface area contributed by atoms with Gasteiger partial charge in [0, 0.05) is 12.0 Å². The summed E-state index contributed by atoms with van der Waals surface area (Å²) in [5.41, 5.74) is -4.46. The standard InChI is InChI=1S/C13H13F5N4O3S/c1-12(2)4-10(21-25-12)26(23,24)5-7-8(3-9(14)15)22(6-19)20-11(7)13(16,17)18/h9H,3-5H2,1-2H3. The van der Waals surface area contributed by atoms with Crippen molar-refractivity contribution in [1.82, 2.24) is 9.78 Å². The number of nitrogens with zero attached hydrogens (tertiary/aromatic N) is 4. The summed E-state index contributed by atoms with van der Waals surface area (Å²) < 4.78 is 89.9. The van der Waals surface area contributed by atoms with Crippen LogP contribution in [0.5, 0.6) is 0 Å². The van der Waals surface area contributed by atoms with Gasteiger partial charge in [-0.1, -0.05) is 5.16 Å². The molecule has 1 aliphatic rings. The lowest BCUT2D eigenvalue weighted by Crippen LogP contribution is -2.24. The highest BCUT2D eigenvalue weighted by Crippen LogP contribution is 2.35. The largest absolute Gasteiger partial charge is 0.435 e. The Morgan fingerprint density at radius 1 is 1.38 bits per heavy atom. The minimum Gasteiger partial charge on any atom is -0.389 e. The normalized spacial score (nSPS) is 17.1. The summed E-state index contributed by atoms with van der Waals surface area (Å²) in [7, 11) is -4.40. The van der Waals surface area contributed by atoms with Gasteiger partial charge < -0.3 is 4.84 Å². The van der Waals surface area contributed by atoms with Crippen molar-refractivity contribution in [2.45, 2.75) is 50.6 Å². The summed E-state index contributed by atoms with van der Waals surface area (Å²) in [5, 5.41) is 14.7. The zero-order valence-electron chi connectivity index (χ0n) is 13.5. The summed E-state index contributed by atoms with van der Waals surface area (Å²) in [6.07, 6.45) is -8.45. The van der Waals surface area contributed by atoms with Gasteiger partial charge in [0.05, 0.1) is 17.9 Å². The van der Waals surface area contributed by atoms with Gasteiger partial charge in [0.15, 0.2) is 20.6 Å². The fourth-order valence-corrected chi connectivity index (χ4v) is 3.91. The van der Waals surface area contributed by atoms with Crippen LogP contribution in [0.3, 0.4) is 0 Å². The van der Waals surface area contributed by atoms with E-state index in [1.165, 1.54) is 20.0 Å². The number of alkyl halides is 5. The summed E-state index contributed by atoms with van der Waals surface area (Å²) in [6, 6.07) is 0. The molecule has 0 amide bonds. The molecule has 7 nitrogen and oxygen atoms in total. The Hall–Kier alpha value is -2.23. The van der Waals surface area contributed by atoms with Crippen molar-refractivity contribution in [3.8, 4) is 6.19 Å². The Bertz CT molecular complexity index is 881. The molecule has 0 spiro atoms. The van der Waals surface area contributed by atoms with E-state index in [2.05, 4.69) is 10.3 Å². The van der Waals surface area contributed by atoms with Crippen LogP contribution in [-0.2, 0) is 33.0 Å². The number of aromatic nitrogens is 2. The maximum atomic E-state index is 13.2. The van der Waals surface area contributed by atoms with Gasteiger partial charge >= 0.3 is 6.18 Å². The second-order valence-electron chi connectivity index (χ2n) is 6.15. The van der Waals surface area contributed by atoms with Crippen molar-refractivity contribution in [3.63, 3.8) is 0 Å². The number of sulfone groups is 1. The fourth-order valence-electron chi connectivity index (χ4n) is 2.35. The first-order chi connectivity index (χ1) is 11.8. The number of nitriles is 1. The van der Waals surface area contributed by atoms with Gasteiger partial charge in [0.1, 0.15) is 5.60 Å². The SMILES string of the molecule is CC1(C)CC(S(=O)(=O)Cc2c(C(F)(F)F)nn(C#N)c2CC(F)F)=NO1. The van der Waals surface area contributed by atoms with Crippen molar-refractivity contribution in [1.29, 1.82) is 5.26 Å². The Morgan fingerprint density at radius 3 is 2.42 bits per heavy atom. The van der Waals surface area contributed by atoms with E-state index in [9.17, 15) is 30.4 Å². The fraction of sp³-hybridized carbons (Fsp3) is 0.615. The monoisotopic (exact) mass is 400 g/mol. The van der Waals surface area contributed by atoms with Crippen molar-refractivity contribution in [2.75, 3.05) is 0 Å². The van der Waals surface area contributed by atoms with Crippen LogP contribution in [0.15, 0.2) is 5.16 Å². The maximum Gasteiger partial charge on any atom is 0.435 e. The zero-order chi connectivity index (χ0) is 19.9. The predicted octanol–water partition coefficient (Wildman–Crippen LogP) is 2.47. The smallest absolute Gasteiger partial charge is 0.389 e. The Morgan fingerprint density at radius 2 is 2.00 bits per heavy atom. The van der Waals surface area contributed by atoms with Crippen molar-refractivity contribution in [2.24, 2.45) is 5.16 Å². The third kappa shape index (κ3) is 4.12. The minimum absolute atomic E-state index is 0.0662. The highest BCUT2D eigenvalue weighted by molar-refractivity contribution is 8.05.